The molecule has 5 nitrogen and oxygen atoms in total. The summed E-state index contributed by atoms with van der Waals surface area (Å²) in [6, 6.07) is 12.5. The van der Waals surface area contributed by atoms with Crippen LogP contribution in [0.4, 0.5) is 13.2 Å². The average molecular weight is 442 g/mol. The third-order valence-corrected chi connectivity index (χ3v) is 6.29. The van der Waals surface area contributed by atoms with Crippen molar-refractivity contribution in [3.8, 4) is 10.6 Å². The van der Waals surface area contributed by atoms with Gasteiger partial charge >= 0.3 is 6.18 Å². The van der Waals surface area contributed by atoms with Gasteiger partial charge in [-0.2, -0.15) is 13.2 Å². The molecule has 0 aliphatic carbocycles. The molecule has 158 valence electrons. The van der Waals surface area contributed by atoms with Gasteiger partial charge in [0.1, 0.15) is 16.5 Å². The van der Waals surface area contributed by atoms with Gasteiger partial charge in [-0.1, -0.05) is 24.3 Å². The number of carbonyl (C=O) groups is 1. The lowest BCUT2D eigenvalue weighted by molar-refractivity contribution is -0.137. The Balaban J connectivity index is 1.41. The van der Waals surface area contributed by atoms with E-state index in [9.17, 15) is 18.0 Å². The molecular formula is C22H17F3N4OS. The maximum absolute atomic E-state index is 13.2. The smallest absolute Gasteiger partial charge is 0.340 e. The topological polar surface area (TPSA) is 61.9 Å². The van der Waals surface area contributed by atoms with Crippen molar-refractivity contribution in [1.82, 2.24) is 19.9 Å². The Kier molecular flexibility index (Phi) is 4.77. The first kappa shape index (κ1) is 19.7. The minimum absolute atomic E-state index is 0.182. The maximum Gasteiger partial charge on any atom is 0.416 e. The number of aromatic amines is 1. The fourth-order valence-electron chi connectivity index (χ4n) is 3.90. The van der Waals surface area contributed by atoms with Gasteiger partial charge in [-0.05, 0) is 37.1 Å². The van der Waals surface area contributed by atoms with E-state index in [1.54, 1.807) is 16.3 Å². The molecular weight excluding hydrogens is 425 g/mol. The minimum Gasteiger partial charge on any atom is -0.340 e. The highest BCUT2D eigenvalue weighted by molar-refractivity contribution is 7.13. The molecule has 1 atom stereocenters. The van der Waals surface area contributed by atoms with Crippen LogP contribution in [0, 0.1) is 0 Å². The summed E-state index contributed by atoms with van der Waals surface area (Å²) in [5.41, 5.74) is 1.60. The first-order chi connectivity index (χ1) is 14.9. The van der Waals surface area contributed by atoms with Crippen LogP contribution in [0.2, 0.25) is 0 Å². The van der Waals surface area contributed by atoms with Gasteiger partial charge in [0.2, 0.25) is 0 Å². The third-order valence-electron chi connectivity index (χ3n) is 5.40. The Hall–Kier alpha value is -3.20. The maximum atomic E-state index is 13.2. The average Bonchev–Trinajstić information content (AvgIpc) is 3.51. The lowest BCUT2D eigenvalue weighted by Gasteiger charge is -2.22. The highest BCUT2D eigenvalue weighted by Crippen LogP contribution is 2.35. The van der Waals surface area contributed by atoms with Crippen molar-refractivity contribution in [2.75, 3.05) is 6.54 Å². The molecule has 1 unspecified atom stereocenters. The summed E-state index contributed by atoms with van der Waals surface area (Å²) in [6.45, 7) is 0.580. The molecule has 31 heavy (non-hydrogen) atoms. The number of rotatable bonds is 3. The van der Waals surface area contributed by atoms with Gasteiger partial charge in [0.25, 0.3) is 5.91 Å². The van der Waals surface area contributed by atoms with Gasteiger partial charge in [0.05, 0.1) is 22.6 Å². The van der Waals surface area contributed by atoms with Crippen molar-refractivity contribution in [3.05, 3.63) is 71.0 Å². The zero-order valence-electron chi connectivity index (χ0n) is 16.2. The number of carbonyl (C=O) groups excluding carboxylic acids is 1. The number of halogens is 3. The number of fused-ring (bicyclic) bond motifs is 1. The van der Waals surface area contributed by atoms with E-state index in [-0.39, 0.29) is 17.6 Å². The summed E-state index contributed by atoms with van der Waals surface area (Å²) in [5.74, 6) is 0.498. The van der Waals surface area contributed by atoms with Gasteiger partial charge in [-0.3, -0.25) is 4.79 Å². The van der Waals surface area contributed by atoms with Crippen molar-refractivity contribution >= 4 is 28.3 Å². The van der Waals surface area contributed by atoms with E-state index < -0.39 is 11.7 Å². The van der Waals surface area contributed by atoms with Crippen LogP contribution in [0.1, 0.15) is 40.8 Å². The van der Waals surface area contributed by atoms with Gasteiger partial charge in [-0.15, -0.1) is 11.3 Å². The van der Waals surface area contributed by atoms with Crippen molar-refractivity contribution in [1.29, 1.82) is 0 Å². The number of alkyl halides is 3. The summed E-state index contributed by atoms with van der Waals surface area (Å²) in [6.07, 6.45) is -2.80. The molecule has 0 spiro atoms. The molecule has 1 aliphatic rings. The zero-order valence-corrected chi connectivity index (χ0v) is 17.0. The highest BCUT2D eigenvalue weighted by atomic mass is 32.1. The molecule has 9 heteroatoms. The fraction of sp³-hybridized carbons (Fsp3) is 0.227. The van der Waals surface area contributed by atoms with Gasteiger partial charge in [0.15, 0.2) is 0 Å². The van der Waals surface area contributed by atoms with Crippen LogP contribution >= 0.6 is 11.3 Å². The van der Waals surface area contributed by atoms with Crippen LogP contribution in [-0.2, 0) is 6.18 Å². The number of nitrogens with zero attached hydrogens (tertiary/aromatic N) is 3. The van der Waals surface area contributed by atoms with Crippen LogP contribution in [0.25, 0.3) is 21.6 Å². The second-order valence-electron chi connectivity index (χ2n) is 7.41. The number of H-pyrrole nitrogens is 1. The van der Waals surface area contributed by atoms with Crippen LogP contribution in [0.15, 0.2) is 53.9 Å². The number of amides is 1. The van der Waals surface area contributed by atoms with Crippen molar-refractivity contribution in [3.63, 3.8) is 0 Å². The first-order valence-electron chi connectivity index (χ1n) is 9.79. The van der Waals surface area contributed by atoms with Gasteiger partial charge < -0.3 is 9.88 Å². The predicted molar refractivity (Wildman–Crippen MR) is 112 cm³/mol. The Morgan fingerprint density at radius 3 is 2.77 bits per heavy atom. The van der Waals surface area contributed by atoms with Gasteiger partial charge in [0, 0.05) is 17.5 Å². The number of aromatic nitrogens is 3. The summed E-state index contributed by atoms with van der Waals surface area (Å²) in [7, 11) is 0. The quantitative estimate of drug-likeness (QED) is 0.444. The molecule has 1 aliphatic heterocycles. The van der Waals surface area contributed by atoms with Crippen LogP contribution < -0.4 is 0 Å². The van der Waals surface area contributed by atoms with E-state index in [0.717, 1.165) is 53.2 Å². The van der Waals surface area contributed by atoms with Crippen molar-refractivity contribution < 1.29 is 18.0 Å². The van der Waals surface area contributed by atoms with E-state index >= 15 is 0 Å². The molecule has 1 fully saturated rings. The number of para-hydroxylation sites is 2. The molecule has 2 aromatic carbocycles. The summed E-state index contributed by atoms with van der Waals surface area (Å²) in [5, 5.41) is 1.99. The molecule has 1 saturated heterocycles. The third kappa shape index (κ3) is 3.69. The number of nitrogens with one attached hydrogen (secondary N) is 1. The molecule has 0 radical (unpaired) electrons. The summed E-state index contributed by atoms with van der Waals surface area (Å²) >= 11 is 1.16. The Labute approximate surface area is 179 Å². The fourth-order valence-corrected chi connectivity index (χ4v) is 4.70. The van der Waals surface area contributed by atoms with E-state index in [0.29, 0.717) is 17.1 Å². The monoisotopic (exact) mass is 442 g/mol. The second kappa shape index (κ2) is 7.49. The Bertz CT molecular complexity index is 1230. The molecule has 0 bridgehead atoms. The van der Waals surface area contributed by atoms with Gasteiger partial charge in [-0.25, -0.2) is 9.97 Å². The molecule has 2 aromatic heterocycles. The summed E-state index contributed by atoms with van der Waals surface area (Å²) < 4.78 is 39.0. The number of imidazole rings is 1. The highest BCUT2D eigenvalue weighted by Gasteiger charge is 2.34. The SMILES string of the molecule is O=C(c1csc(-c2cccc(C(F)(F)F)c2)n1)N1CCCC1c1nc2ccccc2[nH]1. The van der Waals surface area contributed by atoms with E-state index in [1.807, 2.05) is 24.3 Å². The molecule has 1 amide bonds. The zero-order chi connectivity index (χ0) is 21.6. The van der Waals surface area contributed by atoms with Crippen LogP contribution in [0.3, 0.4) is 0 Å². The Morgan fingerprint density at radius 1 is 1.13 bits per heavy atom. The van der Waals surface area contributed by atoms with Crippen molar-refractivity contribution in [2.24, 2.45) is 0 Å². The van der Waals surface area contributed by atoms with E-state index in [2.05, 4.69) is 15.0 Å². The molecule has 5 rings (SSSR count). The predicted octanol–water partition coefficient (Wildman–Crippen LogP) is 5.68. The van der Waals surface area contributed by atoms with E-state index in [1.165, 1.54) is 6.07 Å². The van der Waals surface area contributed by atoms with E-state index in [4.69, 9.17) is 0 Å². The van der Waals surface area contributed by atoms with Crippen molar-refractivity contribution in [2.45, 2.75) is 25.1 Å². The Morgan fingerprint density at radius 2 is 1.97 bits per heavy atom. The summed E-state index contributed by atoms with van der Waals surface area (Å²) in [4.78, 5) is 27.2. The number of benzene rings is 2. The lowest BCUT2D eigenvalue weighted by Crippen LogP contribution is -2.31. The number of likely N-dealkylation sites (tertiary alicyclic amines) is 1. The second-order valence-corrected chi connectivity index (χ2v) is 8.27. The number of thiazole rings is 1. The molecule has 0 saturated carbocycles. The largest absolute Gasteiger partial charge is 0.416 e. The number of hydrogen-bond donors (Lipinski definition) is 1. The minimum atomic E-state index is -4.43. The lowest BCUT2D eigenvalue weighted by atomic mass is 10.1. The molecule has 1 N–H and O–H groups in total. The normalized spacial score (nSPS) is 16.9. The van der Waals surface area contributed by atoms with Crippen LogP contribution in [-0.4, -0.2) is 32.3 Å². The first-order valence-corrected chi connectivity index (χ1v) is 10.7. The molecule has 3 heterocycles. The molecule has 4 aromatic rings. The van der Waals surface area contributed by atoms with Crippen LogP contribution in [0.5, 0.6) is 0 Å². The standard InChI is InChI=1S/C22H17F3N4OS/c23-22(24,25)14-6-3-5-13(11-14)20-28-17(12-31-20)21(30)29-10-4-9-18(29)19-26-15-7-1-2-8-16(15)27-19/h1-3,5-8,11-12,18H,4,9-10H2,(H,26,27). The number of hydrogen-bond acceptors (Lipinski definition) is 4.